The highest BCUT2D eigenvalue weighted by atomic mass is 32.2. The van der Waals surface area contributed by atoms with Gasteiger partial charge in [0.1, 0.15) is 0 Å². The van der Waals surface area contributed by atoms with Gasteiger partial charge in [0.05, 0.1) is 18.2 Å². The van der Waals surface area contributed by atoms with Crippen LogP contribution in [0, 0.1) is 5.41 Å². The second kappa shape index (κ2) is 7.59. The summed E-state index contributed by atoms with van der Waals surface area (Å²) in [6.07, 6.45) is 0.266. The Balaban J connectivity index is 4.25. The van der Waals surface area contributed by atoms with E-state index in [-0.39, 0.29) is 31.2 Å². The molecule has 0 radical (unpaired) electrons. The first-order valence-electron chi connectivity index (χ1n) is 5.32. The Labute approximate surface area is 97.3 Å². The van der Waals surface area contributed by atoms with Gasteiger partial charge in [-0.25, -0.2) is 12.7 Å². The maximum Gasteiger partial charge on any atom is 0.216 e. The zero-order valence-electron chi connectivity index (χ0n) is 9.90. The van der Waals surface area contributed by atoms with Crippen molar-refractivity contribution in [3.05, 3.63) is 0 Å². The van der Waals surface area contributed by atoms with Gasteiger partial charge < -0.3 is 10.5 Å². The Morgan fingerprint density at radius 2 is 2.06 bits per heavy atom. The molecule has 0 fully saturated rings. The van der Waals surface area contributed by atoms with Crippen LogP contribution >= 0.6 is 0 Å². The van der Waals surface area contributed by atoms with Crippen molar-refractivity contribution in [1.29, 1.82) is 5.41 Å². The minimum absolute atomic E-state index is 0.00143. The van der Waals surface area contributed by atoms with Crippen molar-refractivity contribution < 1.29 is 13.2 Å². The van der Waals surface area contributed by atoms with Crippen molar-refractivity contribution in [3.63, 3.8) is 0 Å². The lowest BCUT2D eigenvalue weighted by Gasteiger charge is -2.19. The molecular weight excluding hydrogens is 230 g/mol. The molecule has 0 atom stereocenters. The lowest BCUT2D eigenvalue weighted by molar-refractivity contribution is 0.162. The molecule has 0 aliphatic rings. The van der Waals surface area contributed by atoms with Crippen molar-refractivity contribution in [3.8, 4) is 0 Å². The van der Waals surface area contributed by atoms with Gasteiger partial charge in [-0.2, -0.15) is 0 Å². The highest BCUT2D eigenvalue weighted by molar-refractivity contribution is 7.89. The van der Waals surface area contributed by atoms with Gasteiger partial charge in [-0.3, -0.25) is 5.41 Å². The first kappa shape index (κ1) is 15.3. The highest BCUT2D eigenvalue weighted by Crippen LogP contribution is 2.02. The average Bonchev–Trinajstić information content (AvgIpc) is 2.18. The smallest absolute Gasteiger partial charge is 0.216 e. The molecular formula is C9H21N3O3S. The topological polar surface area (TPSA) is 96.5 Å². The van der Waals surface area contributed by atoms with Gasteiger partial charge in [0.15, 0.2) is 0 Å². The van der Waals surface area contributed by atoms with E-state index in [0.717, 1.165) is 0 Å². The predicted molar refractivity (Wildman–Crippen MR) is 64.1 cm³/mol. The van der Waals surface area contributed by atoms with Crippen LogP contribution < -0.4 is 5.73 Å². The van der Waals surface area contributed by atoms with Gasteiger partial charge in [-0.1, -0.05) is 6.92 Å². The maximum absolute atomic E-state index is 11.8. The van der Waals surface area contributed by atoms with Crippen molar-refractivity contribution in [2.24, 2.45) is 5.73 Å². The highest BCUT2D eigenvalue weighted by Gasteiger charge is 2.19. The van der Waals surface area contributed by atoms with E-state index in [1.54, 1.807) is 6.92 Å². The van der Waals surface area contributed by atoms with E-state index in [1.807, 2.05) is 6.92 Å². The molecule has 0 aromatic carbocycles. The number of rotatable bonds is 9. The minimum Gasteiger partial charge on any atom is -0.388 e. The number of nitrogens with two attached hydrogens (primary N) is 1. The molecule has 0 aliphatic carbocycles. The van der Waals surface area contributed by atoms with E-state index in [2.05, 4.69) is 0 Å². The minimum atomic E-state index is -3.28. The molecule has 3 N–H and O–H groups in total. The molecule has 0 aromatic rings. The largest absolute Gasteiger partial charge is 0.388 e. The molecule has 0 unspecified atom stereocenters. The van der Waals surface area contributed by atoms with Gasteiger partial charge in [0.2, 0.25) is 10.0 Å². The Kier molecular flexibility index (Phi) is 7.27. The monoisotopic (exact) mass is 251 g/mol. The van der Waals surface area contributed by atoms with Gasteiger partial charge in [-0.15, -0.1) is 0 Å². The number of hydrogen-bond donors (Lipinski definition) is 2. The van der Waals surface area contributed by atoms with Crippen LogP contribution in [0.3, 0.4) is 0 Å². The van der Waals surface area contributed by atoms with Crippen molar-refractivity contribution in [1.82, 2.24) is 4.31 Å². The second-order valence-electron chi connectivity index (χ2n) is 3.28. The van der Waals surface area contributed by atoms with Crippen LogP contribution in [-0.2, 0) is 14.8 Å². The van der Waals surface area contributed by atoms with Crippen LogP contribution in [-0.4, -0.2) is 50.6 Å². The summed E-state index contributed by atoms with van der Waals surface area (Å²) >= 11 is 0. The van der Waals surface area contributed by atoms with Crippen LogP contribution in [0.4, 0.5) is 0 Å². The van der Waals surface area contributed by atoms with E-state index < -0.39 is 10.0 Å². The summed E-state index contributed by atoms with van der Waals surface area (Å²) in [4.78, 5) is 0. The normalized spacial score (nSPS) is 11.9. The first-order chi connectivity index (χ1) is 7.44. The summed E-state index contributed by atoms with van der Waals surface area (Å²) in [6, 6.07) is 0. The molecule has 0 rings (SSSR count). The fraction of sp³-hybridized carbons (Fsp3) is 0.889. The van der Waals surface area contributed by atoms with Gasteiger partial charge in [0.25, 0.3) is 0 Å². The average molecular weight is 251 g/mol. The van der Waals surface area contributed by atoms with Gasteiger partial charge in [0, 0.05) is 26.1 Å². The quantitative estimate of drug-likeness (QED) is 0.342. The molecule has 6 nitrogen and oxygen atoms in total. The van der Waals surface area contributed by atoms with Gasteiger partial charge >= 0.3 is 0 Å². The number of amidine groups is 1. The molecule has 0 heterocycles. The first-order valence-corrected chi connectivity index (χ1v) is 6.93. The number of hydrogen-bond acceptors (Lipinski definition) is 4. The standard InChI is InChI=1S/C9H21N3O3S/c1-3-12(6-5-9(10)11)16(13,14)8-7-15-4-2/h3-8H2,1-2H3,(H3,10,11). The van der Waals surface area contributed by atoms with Crippen molar-refractivity contribution >= 4 is 15.9 Å². The summed E-state index contributed by atoms with van der Waals surface area (Å²) in [7, 11) is -3.28. The summed E-state index contributed by atoms with van der Waals surface area (Å²) in [5.74, 6) is -0.0227. The molecule has 0 bridgehead atoms. The van der Waals surface area contributed by atoms with Crippen molar-refractivity contribution in [2.75, 3.05) is 32.1 Å². The maximum atomic E-state index is 11.8. The predicted octanol–water partition coefficient (Wildman–Crippen LogP) is 0.000670. The Hall–Kier alpha value is -0.660. The summed E-state index contributed by atoms with van der Waals surface area (Å²) in [5, 5.41) is 7.07. The van der Waals surface area contributed by atoms with E-state index in [4.69, 9.17) is 15.9 Å². The molecule has 7 heteroatoms. The Morgan fingerprint density at radius 1 is 1.44 bits per heavy atom. The molecule has 16 heavy (non-hydrogen) atoms. The van der Waals surface area contributed by atoms with Crippen molar-refractivity contribution in [2.45, 2.75) is 20.3 Å². The summed E-state index contributed by atoms with van der Waals surface area (Å²) < 4.78 is 29.9. The molecule has 0 spiro atoms. The molecule has 0 aliphatic heterocycles. The third kappa shape index (κ3) is 6.04. The number of ether oxygens (including phenoxy) is 1. The Morgan fingerprint density at radius 3 is 2.50 bits per heavy atom. The van der Waals surface area contributed by atoms with Crippen LogP contribution in [0.25, 0.3) is 0 Å². The lowest BCUT2D eigenvalue weighted by atomic mass is 10.4. The van der Waals surface area contributed by atoms with Crippen LogP contribution in [0.15, 0.2) is 0 Å². The second-order valence-corrected chi connectivity index (χ2v) is 5.37. The zero-order chi connectivity index (χ0) is 12.6. The number of nitrogens with zero attached hydrogens (tertiary/aromatic N) is 1. The Bertz CT molecular complexity index is 303. The fourth-order valence-electron chi connectivity index (χ4n) is 1.18. The van der Waals surface area contributed by atoms with E-state index in [0.29, 0.717) is 13.2 Å². The fourth-order valence-corrected chi connectivity index (χ4v) is 2.53. The third-order valence-electron chi connectivity index (χ3n) is 2.07. The van der Waals surface area contributed by atoms with Crippen LogP contribution in [0.2, 0.25) is 0 Å². The molecule has 0 aromatic heterocycles. The van der Waals surface area contributed by atoms with E-state index in [9.17, 15) is 8.42 Å². The number of nitrogens with one attached hydrogen (secondary N) is 1. The SMILES string of the molecule is CCOCCS(=O)(=O)N(CC)CCC(=N)N. The van der Waals surface area contributed by atoms with E-state index >= 15 is 0 Å². The van der Waals surface area contributed by atoms with Crippen LogP contribution in [0.1, 0.15) is 20.3 Å². The summed E-state index contributed by atoms with van der Waals surface area (Å²) in [5.41, 5.74) is 5.20. The van der Waals surface area contributed by atoms with Crippen LogP contribution in [0.5, 0.6) is 0 Å². The summed E-state index contributed by atoms with van der Waals surface area (Å²) in [6.45, 7) is 4.95. The van der Waals surface area contributed by atoms with E-state index in [1.165, 1.54) is 4.31 Å². The third-order valence-corrected chi connectivity index (χ3v) is 3.98. The molecule has 0 saturated heterocycles. The van der Waals surface area contributed by atoms with Gasteiger partial charge in [-0.05, 0) is 6.92 Å². The zero-order valence-corrected chi connectivity index (χ0v) is 10.7. The lowest BCUT2D eigenvalue weighted by Crippen LogP contribution is -2.36. The molecule has 0 amide bonds. The molecule has 96 valence electrons. The molecule has 0 saturated carbocycles. The number of sulfonamides is 1.